The van der Waals surface area contributed by atoms with Gasteiger partial charge in [0.25, 0.3) is 0 Å². The van der Waals surface area contributed by atoms with E-state index in [-0.39, 0.29) is 19.1 Å². The standard InChI is InChI=1S/C15H14N4O2/c16-13-7-18-19(8-13)9-14(20)21-10-12-4-1-3-11-5-2-6-17-15(11)12/h1-8H,9-10,16H2. The summed E-state index contributed by atoms with van der Waals surface area (Å²) in [5.74, 6) is -0.369. The number of benzene rings is 1. The third-order valence-corrected chi connectivity index (χ3v) is 3.05. The molecule has 0 aliphatic rings. The predicted molar refractivity (Wildman–Crippen MR) is 78.2 cm³/mol. The lowest BCUT2D eigenvalue weighted by Gasteiger charge is -2.07. The summed E-state index contributed by atoms with van der Waals surface area (Å²) in [6.07, 6.45) is 4.79. The van der Waals surface area contributed by atoms with Crippen molar-refractivity contribution in [1.82, 2.24) is 14.8 Å². The molecule has 2 N–H and O–H groups in total. The Morgan fingerprint density at radius 3 is 2.95 bits per heavy atom. The van der Waals surface area contributed by atoms with Crippen LogP contribution < -0.4 is 5.73 Å². The number of para-hydroxylation sites is 1. The van der Waals surface area contributed by atoms with Gasteiger partial charge in [0.1, 0.15) is 13.2 Å². The zero-order valence-corrected chi connectivity index (χ0v) is 11.3. The summed E-state index contributed by atoms with van der Waals surface area (Å²) in [6.45, 7) is 0.222. The lowest BCUT2D eigenvalue weighted by atomic mass is 10.1. The van der Waals surface area contributed by atoms with Crippen molar-refractivity contribution < 1.29 is 9.53 Å². The topological polar surface area (TPSA) is 83.0 Å². The lowest BCUT2D eigenvalue weighted by molar-refractivity contribution is -0.145. The Kier molecular flexibility index (Phi) is 3.51. The van der Waals surface area contributed by atoms with Gasteiger partial charge >= 0.3 is 5.97 Å². The first-order valence-corrected chi connectivity index (χ1v) is 6.48. The summed E-state index contributed by atoms with van der Waals surface area (Å²) in [5.41, 5.74) is 7.77. The molecule has 0 fully saturated rings. The second-order valence-electron chi connectivity index (χ2n) is 4.62. The molecule has 0 spiro atoms. The van der Waals surface area contributed by atoms with Crippen molar-refractivity contribution in [2.45, 2.75) is 13.2 Å². The summed E-state index contributed by atoms with van der Waals surface area (Å²) in [4.78, 5) is 16.1. The van der Waals surface area contributed by atoms with Gasteiger partial charge in [0.05, 0.1) is 17.4 Å². The summed E-state index contributed by atoms with van der Waals surface area (Å²) < 4.78 is 6.71. The maximum Gasteiger partial charge on any atom is 0.328 e. The molecule has 21 heavy (non-hydrogen) atoms. The lowest BCUT2D eigenvalue weighted by Crippen LogP contribution is -2.14. The molecule has 0 amide bonds. The number of hydrogen-bond acceptors (Lipinski definition) is 5. The minimum absolute atomic E-state index is 0.0371. The van der Waals surface area contributed by atoms with Crippen molar-refractivity contribution in [2.24, 2.45) is 0 Å². The van der Waals surface area contributed by atoms with Crippen LogP contribution >= 0.6 is 0 Å². The van der Waals surface area contributed by atoms with Crippen molar-refractivity contribution >= 4 is 22.6 Å². The fourth-order valence-corrected chi connectivity index (χ4v) is 2.09. The molecule has 0 saturated carbocycles. The predicted octanol–water partition coefficient (Wildman–Crippen LogP) is 1.76. The van der Waals surface area contributed by atoms with E-state index >= 15 is 0 Å². The maximum absolute atomic E-state index is 11.8. The largest absolute Gasteiger partial charge is 0.459 e. The number of anilines is 1. The number of carbonyl (C=O) groups excluding carboxylic acids is 1. The van der Waals surface area contributed by atoms with Gasteiger partial charge in [0, 0.05) is 23.3 Å². The number of esters is 1. The number of pyridine rings is 1. The second-order valence-corrected chi connectivity index (χ2v) is 4.62. The van der Waals surface area contributed by atoms with Crippen molar-refractivity contribution in [1.29, 1.82) is 0 Å². The molecular weight excluding hydrogens is 268 g/mol. The van der Waals surface area contributed by atoms with Gasteiger partial charge in [-0.2, -0.15) is 5.10 Å². The number of ether oxygens (including phenoxy) is 1. The van der Waals surface area contributed by atoms with E-state index in [1.807, 2.05) is 30.3 Å². The Labute approximate surface area is 121 Å². The number of nitrogens with zero attached hydrogens (tertiary/aromatic N) is 3. The van der Waals surface area contributed by atoms with E-state index in [1.54, 1.807) is 12.4 Å². The summed E-state index contributed by atoms with van der Waals surface area (Å²) in [6, 6.07) is 9.64. The van der Waals surface area contributed by atoms with Crippen LogP contribution in [-0.4, -0.2) is 20.7 Å². The van der Waals surface area contributed by atoms with Crippen LogP contribution in [0.4, 0.5) is 5.69 Å². The molecule has 106 valence electrons. The average molecular weight is 282 g/mol. The number of carbonyl (C=O) groups is 1. The summed E-state index contributed by atoms with van der Waals surface area (Å²) >= 11 is 0. The normalized spacial score (nSPS) is 10.7. The van der Waals surface area contributed by atoms with E-state index in [2.05, 4.69) is 10.1 Å². The van der Waals surface area contributed by atoms with Crippen LogP contribution in [-0.2, 0) is 22.7 Å². The molecule has 2 heterocycles. The summed E-state index contributed by atoms with van der Waals surface area (Å²) in [5, 5.41) is 4.96. The quantitative estimate of drug-likeness (QED) is 0.737. The number of fused-ring (bicyclic) bond motifs is 1. The Hall–Kier alpha value is -2.89. The van der Waals surface area contributed by atoms with Crippen LogP contribution in [0.1, 0.15) is 5.56 Å². The minimum Gasteiger partial charge on any atom is -0.459 e. The molecule has 0 saturated heterocycles. The van der Waals surface area contributed by atoms with Gasteiger partial charge in [-0.1, -0.05) is 24.3 Å². The molecule has 0 aliphatic heterocycles. The molecule has 6 heteroatoms. The average Bonchev–Trinajstić information content (AvgIpc) is 2.90. The Morgan fingerprint density at radius 2 is 2.14 bits per heavy atom. The van der Waals surface area contributed by atoms with Gasteiger partial charge in [0.2, 0.25) is 0 Å². The van der Waals surface area contributed by atoms with E-state index in [4.69, 9.17) is 10.5 Å². The monoisotopic (exact) mass is 282 g/mol. The first kappa shape index (κ1) is 13.1. The number of aromatic nitrogens is 3. The molecule has 0 aliphatic carbocycles. The first-order valence-electron chi connectivity index (χ1n) is 6.48. The molecule has 0 atom stereocenters. The van der Waals surface area contributed by atoms with E-state index in [0.717, 1.165) is 16.5 Å². The highest BCUT2D eigenvalue weighted by molar-refractivity contribution is 5.81. The van der Waals surface area contributed by atoms with Crippen LogP contribution in [0.3, 0.4) is 0 Å². The Balaban J connectivity index is 1.67. The Bertz CT molecular complexity index is 777. The van der Waals surface area contributed by atoms with Crippen LogP contribution in [0.15, 0.2) is 48.9 Å². The summed E-state index contributed by atoms with van der Waals surface area (Å²) in [7, 11) is 0. The van der Waals surface area contributed by atoms with Crippen molar-refractivity contribution in [2.75, 3.05) is 5.73 Å². The van der Waals surface area contributed by atoms with Gasteiger partial charge in [-0.15, -0.1) is 0 Å². The maximum atomic E-state index is 11.8. The second kappa shape index (κ2) is 5.62. The number of rotatable bonds is 4. The fraction of sp³-hybridized carbons (Fsp3) is 0.133. The van der Waals surface area contributed by atoms with Gasteiger partial charge in [-0.3, -0.25) is 14.5 Å². The third-order valence-electron chi connectivity index (χ3n) is 3.05. The van der Waals surface area contributed by atoms with Crippen LogP contribution in [0.25, 0.3) is 10.9 Å². The molecular formula is C15H14N4O2. The smallest absolute Gasteiger partial charge is 0.328 e. The SMILES string of the molecule is Nc1cnn(CC(=O)OCc2cccc3cccnc23)c1. The molecule has 2 aromatic heterocycles. The van der Waals surface area contributed by atoms with E-state index < -0.39 is 0 Å². The highest BCUT2D eigenvalue weighted by Crippen LogP contribution is 2.16. The van der Waals surface area contributed by atoms with Gasteiger partial charge in [0.15, 0.2) is 0 Å². The first-order chi connectivity index (χ1) is 10.2. The number of nitrogen functional groups attached to an aromatic ring is 1. The van der Waals surface area contributed by atoms with E-state index in [0.29, 0.717) is 5.69 Å². The van der Waals surface area contributed by atoms with Gasteiger partial charge in [-0.05, 0) is 6.07 Å². The van der Waals surface area contributed by atoms with Crippen molar-refractivity contribution in [3.8, 4) is 0 Å². The Morgan fingerprint density at radius 1 is 1.29 bits per heavy atom. The van der Waals surface area contributed by atoms with Crippen LogP contribution in [0.2, 0.25) is 0 Å². The molecule has 3 aromatic rings. The molecule has 1 aromatic carbocycles. The van der Waals surface area contributed by atoms with Crippen molar-refractivity contribution in [3.63, 3.8) is 0 Å². The zero-order valence-electron chi connectivity index (χ0n) is 11.3. The van der Waals surface area contributed by atoms with E-state index in [1.165, 1.54) is 10.9 Å². The van der Waals surface area contributed by atoms with E-state index in [9.17, 15) is 4.79 Å². The number of nitrogens with two attached hydrogens (primary N) is 1. The molecule has 0 bridgehead atoms. The fourth-order valence-electron chi connectivity index (χ4n) is 2.09. The van der Waals surface area contributed by atoms with Gasteiger partial charge < -0.3 is 10.5 Å². The van der Waals surface area contributed by atoms with Crippen molar-refractivity contribution in [3.05, 3.63) is 54.5 Å². The molecule has 6 nitrogen and oxygen atoms in total. The van der Waals surface area contributed by atoms with Crippen LogP contribution in [0, 0.1) is 0 Å². The number of hydrogen-bond donors (Lipinski definition) is 1. The zero-order chi connectivity index (χ0) is 14.7. The molecule has 3 rings (SSSR count). The highest BCUT2D eigenvalue weighted by atomic mass is 16.5. The third kappa shape index (κ3) is 3.00. The van der Waals surface area contributed by atoms with Gasteiger partial charge in [-0.25, -0.2) is 0 Å². The molecule has 0 unspecified atom stereocenters. The van der Waals surface area contributed by atoms with Crippen LogP contribution in [0.5, 0.6) is 0 Å². The minimum atomic E-state index is -0.369. The molecule has 0 radical (unpaired) electrons. The highest BCUT2D eigenvalue weighted by Gasteiger charge is 2.08.